The molecule has 0 saturated carbocycles. The highest BCUT2D eigenvalue weighted by Crippen LogP contribution is 2.34. The molecule has 0 fully saturated rings. The number of anilines is 1. The minimum absolute atomic E-state index is 0.0751. The van der Waals surface area contributed by atoms with Gasteiger partial charge >= 0.3 is 0 Å². The molecular formula is C16H17N5O3S. The SMILES string of the molecule is CC(C)c1nnc2sc(CCC(=O)Nc3ccc4c(c3)OCO4)nn12. The second kappa shape index (κ2) is 6.32. The van der Waals surface area contributed by atoms with Crippen molar-refractivity contribution in [3.63, 3.8) is 0 Å². The summed E-state index contributed by atoms with van der Waals surface area (Å²) in [6, 6.07) is 5.34. The Hall–Kier alpha value is -2.68. The minimum atomic E-state index is -0.0751. The molecule has 1 aromatic carbocycles. The number of aromatic nitrogens is 4. The fourth-order valence-corrected chi connectivity index (χ4v) is 3.39. The van der Waals surface area contributed by atoms with Crippen molar-refractivity contribution < 1.29 is 14.3 Å². The predicted octanol–water partition coefficient (Wildman–Crippen LogP) is 2.61. The van der Waals surface area contributed by atoms with E-state index >= 15 is 0 Å². The predicted molar refractivity (Wildman–Crippen MR) is 92.3 cm³/mol. The van der Waals surface area contributed by atoms with Gasteiger partial charge in [0.15, 0.2) is 17.3 Å². The molecule has 130 valence electrons. The first-order valence-electron chi connectivity index (χ1n) is 8.00. The molecule has 0 unspecified atom stereocenters. The smallest absolute Gasteiger partial charge is 0.234 e. The number of hydrogen-bond acceptors (Lipinski definition) is 7. The van der Waals surface area contributed by atoms with E-state index < -0.39 is 0 Å². The van der Waals surface area contributed by atoms with E-state index in [4.69, 9.17) is 9.47 Å². The summed E-state index contributed by atoms with van der Waals surface area (Å²) in [6.45, 7) is 4.31. The third kappa shape index (κ3) is 3.14. The van der Waals surface area contributed by atoms with Gasteiger partial charge in [0.05, 0.1) is 0 Å². The van der Waals surface area contributed by atoms with Crippen LogP contribution < -0.4 is 14.8 Å². The molecule has 1 amide bonds. The molecule has 4 rings (SSSR count). The minimum Gasteiger partial charge on any atom is -0.454 e. The van der Waals surface area contributed by atoms with Crippen LogP contribution in [0.5, 0.6) is 11.5 Å². The topological polar surface area (TPSA) is 90.6 Å². The summed E-state index contributed by atoms with van der Waals surface area (Å²) in [5, 5.41) is 16.5. The third-order valence-corrected chi connectivity index (χ3v) is 4.75. The highest BCUT2D eigenvalue weighted by atomic mass is 32.1. The van der Waals surface area contributed by atoms with Crippen LogP contribution in [-0.2, 0) is 11.2 Å². The first kappa shape index (κ1) is 15.8. The fraction of sp³-hybridized carbons (Fsp3) is 0.375. The Morgan fingerprint density at radius 1 is 1.32 bits per heavy atom. The van der Waals surface area contributed by atoms with Crippen molar-refractivity contribution in [3.05, 3.63) is 29.0 Å². The van der Waals surface area contributed by atoms with Crippen LogP contribution in [0.15, 0.2) is 18.2 Å². The van der Waals surface area contributed by atoms with E-state index in [0.29, 0.717) is 30.0 Å². The van der Waals surface area contributed by atoms with Crippen LogP contribution in [0.2, 0.25) is 0 Å². The van der Waals surface area contributed by atoms with Gasteiger partial charge < -0.3 is 14.8 Å². The Bertz CT molecular complexity index is 933. The van der Waals surface area contributed by atoms with E-state index in [2.05, 4.69) is 20.6 Å². The first-order valence-corrected chi connectivity index (χ1v) is 8.82. The number of aryl methyl sites for hydroxylation is 1. The van der Waals surface area contributed by atoms with Crippen LogP contribution in [-0.4, -0.2) is 32.5 Å². The average molecular weight is 359 g/mol. The largest absolute Gasteiger partial charge is 0.454 e. The molecule has 3 heterocycles. The number of rotatable bonds is 5. The molecule has 0 spiro atoms. The number of carbonyl (C=O) groups excluding carboxylic acids is 1. The molecule has 0 radical (unpaired) electrons. The average Bonchev–Trinajstić information content (AvgIpc) is 3.27. The Morgan fingerprint density at radius 3 is 3.00 bits per heavy atom. The lowest BCUT2D eigenvalue weighted by Crippen LogP contribution is -2.12. The van der Waals surface area contributed by atoms with Gasteiger partial charge in [0.25, 0.3) is 0 Å². The van der Waals surface area contributed by atoms with Crippen LogP contribution in [0.4, 0.5) is 5.69 Å². The standard InChI is InChI=1S/C16H17N5O3S/c1-9(2)15-18-19-16-21(15)20-14(25-16)6-5-13(22)17-10-3-4-11-12(7-10)24-8-23-11/h3-4,7,9H,5-6,8H2,1-2H3,(H,17,22). The van der Waals surface area contributed by atoms with Crippen molar-refractivity contribution in [2.45, 2.75) is 32.6 Å². The van der Waals surface area contributed by atoms with E-state index in [1.807, 2.05) is 13.8 Å². The zero-order valence-electron chi connectivity index (χ0n) is 13.9. The van der Waals surface area contributed by atoms with Gasteiger partial charge in [0, 0.05) is 30.5 Å². The van der Waals surface area contributed by atoms with Crippen molar-refractivity contribution in [2.24, 2.45) is 0 Å². The number of ether oxygens (including phenoxy) is 2. The number of hydrogen-bond donors (Lipinski definition) is 1. The summed E-state index contributed by atoms with van der Waals surface area (Å²) >= 11 is 1.46. The van der Waals surface area contributed by atoms with E-state index in [1.165, 1.54) is 11.3 Å². The number of amides is 1. The molecule has 8 nitrogen and oxygen atoms in total. The highest BCUT2D eigenvalue weighted by Gasteiger charge is 2.16. The fourth-order valence-electron chi connectivity index (χ4n) is 2.55. The molecule has 2 aromatic heterocycles. The lowest BCUT2D eigenvalue weighted by Gasteiger charge is -2.05. The molecule has 25 heavy (non-hydrogen) atoms. The van der Waals surface area contributed by atoms with E-state index in [1.54, 1.807) is 22.7 Å². The summed E-state index contributed by atoms with van der Waals surface area (Å²) in [6.07, 6.45) is 0.900. The Morgan fingerprint density at radius 2 is 2.16 bits per heavy atom. The van der Waals surface area contributed by atoms with Crippen molar-refractivity contribution >= 4 is 27.9 Å². The second-order valence-corrected chi connectivity index (χ2v) is 7.06. The van der Waals surface area contributed by atoms with Gasteiger partial charge in [0.2, 0.25) is 17.7 Å². The second-order valence-electron chi connectivity index (χ2n) is 6.02. The van der Waals surface area contributed by atoms with E-state index in [9.17, 15) is 4.79 Å². The van der Waals surface area contributed by atoms with Crippen LogP contribution in [0.3, 0.4) is 0 Å². The quantitative estimate of drug-likeness (QED) is 0.753. The van der Waals surface area contributed by atoms with Gasteiger partial charge in [-0.15, -0.1) is 10.2 Å². The molecule has 1 N–H and O–H groups in total. The van der Waals surface area contributed by atoms with Gasteiger partial charge in [-0.1, -0.05) is 25.2 Å². The summed E-state index contributed by atoms with van der Waals surface area (Å²) < 4.78 is 12.3. The monoisotopic (exact) mass is 359 g/mol. The summed E-state index contributed by atoms with van der Waals surface area (Å²) in [4.78, 5) is 12.9. The van der Waals surface area contributed by atoms with Crippen molar-refractivity contribution in [2.75, 3.05) is 12.1 Å². The third-order valence-electron chi connectivity index (χ3n) is 3.80. The number of carbonyl (C=O) groups is 1. The zero-order valence-corrected chi connectivity index (χ0v) is 14.7. The number of nitrogens with one attached hydrogen (secondary N) is 1. The normalized spacial score (nSPS) is 12.9. The molecule has 3 aromatic rings. The molecule has 1 aliphatic rings. The van der Waals surface area contributed by atoms with Crippen molar-refractivity contribution in [1.82, 2.24) is 19.8 Å². The van der Waals surface area contributed by atoms with Gasteiger partial charge in [-0.05, 0) is 12.1 Å². The van der Waals surface area contributed by atoms with Gasteiger partial charge in [-0.3, -0.25) is 4.79 Å². The lowest BCUT2D eigenvalue weighted by atomic mass is 10.2. The van der Waals surface area contributed by atoms with Crippen molar-refractivity contribution in [3.8, 4) is 11.5 Å². The molecule has 1 aliphatic heterocycles. The molecule has 0 bridgehead atoms. The highest BCUT2D eigenvalue weighted by molar-refractivity contribution is 7.16. The molecule has 9 heteroatoms. The molecule has 0 atom stereocenters. The number of benzene rings is 1. The Kier molecular flexibility index (Phi) is 4.00. The van der Waals surface area contributed by atoms with Crippen LogP contribution in [0.25, 0.3) is 4.96 Å². The van der Waals surface area contributed by atoms with E-state index in [0.717, 1.165) is 15.8 Å². The summed E-state index contributed by atoms with van der Waals surface area (Å²) in [5.74, 6) is 2.35. The van der Waals surface area contributed by atoms with Gasteiger partial charge in [-0.25, -0.2) is 0 Å². The first-order chi connectivity index (χ1) is 12.1. The zero-order chi connectivity index (χ0) is 17.4. The van der Waals surface area contributed by atoms with Crippen LogP contribution in [0.1, 0.15) is 37.0 Å². The van der Waals surface area contributed by atoms with Crippen LogP contribution >= 0.6 is 11.3 Å². The molecular weight excluding hydrogens is 342 g/mol. The van der Waals surface area contributed by atoms with E-state index in [-0.39, 0.29) is 18.6 Å². The summed E-state index contributed by atoms with van der Waals surface area (Å²) in [5.41, 5.74) is 0.689. The number of nitrogens with zero attached hydrogens (tertiary/aromatic N) is 4. The van der Waals surface area contributed by atoms with Crippen LogP contribution in [0, 0.1) is 0 Å². The Labute approximate surface area is 147 Å². The molecule has 0 aliphatic carbocycles. The maximum Gasteiger partial charge on any atom is 0.234 e. The van der Waals surface area contributed by atoms with Gasteiger partial charge in [-0.2, -0.15) is 9.61 Å². The molecule has 0 saturated heterocycles. The van der Waals surface area contributed by atoms with Gasteiger partial charge in [0.1, 0.15) is 5.01 Å². The maximum atomic E-state index is 12.2. The Balaban J connectivity index is 1.38. The lowest BCUT2D eigenvalue weighted by molar-refractivity contribution is -0.116. The number of fused-ring (bicyclic) bond motifs is 2. The maximum absolute atomic E-state index is 12.2. The van der Waals surface area contributed by atoms with Crippen molar-refractivity contribution in [1.29, 1.82) is 0 Å². The summed E-state index contributed by atoms with van der Waals surface area (Å²) in [7, 11) is 0.